The molecule has 0 amide bonds. The number of cyclic esters (lactones) is 3. The van der Waals surface area contributed by atoms with Gasteiger partial charge in [0.15, 0.2) is 0 Å². The van der Waals surface area contributed by atoms with Gasteiger partial charge in [-0.15, -0.1) is 0 Å². The van der Waals surface area contributed by atoms with E-state index >= 15 is 4.79 Å². The van der Waals surface area contributed by atoms with Gasteiger partial charge >= 0.3 is 29.8 Å². The minimum Gasteiger partial charge on any atom is -0.465 e. The van der Waals surface area contributed by atoms with Crippen LogP contribution in [0.2, 0.25) is 0 Å². The first-order chi connectivity index (χ1) is 26.2. The van der Waals surface area contributed by atoms with Gasteiger partial charge in [-0.05, 0) is 151 Å². The first kappa shape index (κ1) is 56.3. The lowest BCUT2D eigenvalue weighted by Crippen LogP contribution is -2.59. The summed E-state index contributed by atoms with van der Waals surface area (Å²) in [6.45, 7) is 8.52. The van der Waals surface area contributed by atoms with E-state index in [0.717, 1.165) is 38.5 Å². The maximum absolute atomic E-state index is 15.2. The number of fused-ring (bicyclic) bond motifs is 5. The molecule has 12 aliphatic rings. The highest BCUT2D eigenvalue weighted by Crippen LogP contribution is 2.66. The van der Waals surface area contributed by atoms with E-state index in [1.54, 1.807) is 6.92 Å². The van der Waals surface area contributed by atoms with Crippen molar-refractivity contribution >= 4 is 35.6 Å². The summed E-state index contributed by atoms with van der Waals surface area (Å²) in [4.78, 5) is 82.2. The van der Waals surface area contributed by atoms with Crippen LogP contribution in [0.15, 0.2) is 0 Å². The molecule has 2 aliphatic heterocycles. The largest absolute Gasteiger partial charge is 0.465 e. The van der Waals surface area contributed by atoms with E-state index in [-0.39, 0.29) is 136 Å². The molecule has 10 aliphatic carbocycles. The summed E-state index contributed by atoms with van der Waals surface area (Å²) >= 11 is 0. The Labute approximate surface area is 383 Å². The summed E-state index contributed by atoms with van der Waals surface area (Å²) in [6, 6.07) is 0. The van der Waals surface area contributed by atoms with Crippen molar-refractivity contribution in [2.45, 2.75) is 195 Å². The van der Waals surface area contributed by atoms with Gasteiger partial charge in [0.1, 0.15) is 17.0 Å². The Morgan fingerprint density at radius 2 is 1.25 bits per heavy atom. The molecule has 10 heteroatoms. The third kappa shape index (κ3) is 8.59. The van der Waals surface area contributed by atoms with E-state index in [2.05, 4.69) is 20.8 Å². The van der Waals surface area contributed by atoms with Gasteiger partial charge < -0.3 is 18.9 Å². The van der Waals surface area contributed by atoms with Crippen LogP contribution in [0.25, 0.3) is 0 Å². The van der Waals surface area contributed by atoms with Gasteiger partial charge in [0.25, 0.3) is 0 Å². The molecule has 0 aromatic heterocycles. The molecule has 13 atom stereocenters. The van der Waals surface area contributed by atoms with Gasteiger partial charge in [-0.3, -0.25) is 28.8 Å². The number of ether oxygens (including phenoxy) is 4. The van der Waals surface area contributed by atoms with Crippen LogP contribution in [0.4, 0.5) is 0 Å². The minimum absolute atomic E-state index is 0. The second-order valence-electron chi connectivity index (χ2n) is 21.3. The normalized spacial score (nSPS) is 42.9. The molecule has 364 valence electrons. The van der Waals surface area contributed by atoms with Gasteiger partial charge in [-0.1, -0.05) is 80.2 Å². The van der Waals surface area contributed by atoms with Crippen LogP contribution in [-0.2, 0) is 47.7 Å². The number of esters is 5. The highest BCUT2D eigenvalue weighted by molar-refractivity contribution is 5.98. The van der Waals surface area contributed by atoms with Crippen LogP contribution < -0.4 is 0 Å². The molecule has 10 nitrogen and oxygen atoms in total. The van der Waals surface area contributed by atoms with E-state index in [1.807, 2.05) is 0 Å². The molecule has 0 N–H and O–H groups in total. The lowest BCUT2D eigenvalue weighted by Gasteiger charge is -2.62. The maximum atomic E-state index is 15.2. The molecular formula is C53H92O10. The third-order valence-corrected chi connectivity index (χ3v) is 18.6. The molecule has 63 heavy (non-hydrogen) atoms. The van der Waals surface area contributed by atoms with E-state index in [0.29, 0.717) is 62.4 Å². The van der Waals surface area contributed by atoms with E-state index in [1.165, 1.54) is 19.3 Å². The average Bonchev–Trinajstić information content (AvgIpc) is 3.85. The van der Waals surface area contributed by atoms with Crippen molar-refractivity contribution in [3.63, 3.8) is 0 Å². The van der Waals surface area contributed by atoms with Gasteiger partial charge in [0.2, 0.25) is 0 Å². The number of hydrogen-bond donors (Lipinski definition) is 0. The Morgan fingerprint density at radius 1 is 0.698 bits per heavy atom. The van der Waals surface area contributed by atoms with Crippen LogP contribution >= 0.6 is 0 Å². The lowest BCUT2D eigenvalue weighted by atomic mass is 9.45. The average molecular weight is 889 g/mol. The molecule has 2 heterocycles. The smallest absolute Gasteiger partial charge is 0.318 e. The molecular weight excluding hydrogens is 797 g/mol. The second kappa shape index (κ2) is 19.6. The maximum Gasteiger partial charge on any atom is 0.318 e. The lowest BCUT2D eigenvalue weighted by molar-refractivity contribution is -0.210. The zero-order valence-corrected chi connectivity index (χ0v) is 33.1. The first-order valence-corrected chi connectivity index (χ1v) is 22.1. The Balaban J connectivity index is 0.00000171. The van der Waals surface area contributed by atoms with Crippen LogP contribution in [0, 0.1) is 100 Å². The van der Waals surface area contributed by atoms with Gasteiger partial charge in [-0.25, -0.2) is 0 Å². The highest BCUT2D eigenvalue weighted by atomic mass is 16.6. The number of hydrogen-bond acceptors (Lipinski definition) is 10. The molecule has 12 rings (SSSR count). The van der Waals surface area contributed by atoms with Crippen molar-refractivity contribution in [3.8, 4) is 0 Å². The van der Waals surface area contributed by atoms with Crippen LogP contribution in [0.1, 0.15) is 183 Å². The van der Waals surface area contributed by atoms with Crippen LogP contribution in [0.3, 0.4) is 0 Å². The highest BCUT2D eigenvalue weighted by Gasteiger charge is 2.64. The zero-order valence-electron chi connectivity index (χ0n) is 33.1. The van der Waals surface area contributed by atoms with E-state index in [9.17, 15) is 24.0 Å². The molecule has 10 bridgehead atoms. The Kier molecular flexibility index (Phi) is 17.5. The van der Waals surface area contributed by atoms with E-state index < -0.39 is 52.8 Å². The SMILES string of the molecule is C.C.C.C.C.C.C.C.CCC(C)(OC(=O)C(CC(C(=O)OC12CC3CC(C1)C(=O)C(C3)C2)C1C(=O)OC(=O)C1C)CC1C(C)C2CC1C1COC(=O)C21)C12CC3CC(CC(C3)C1)C2. The van der Waals surface area contributed by atoms with Gasteiger partial charge in [0.05, 0.1) is 36.2 Å². The number of ketones is 1. The van der Waals surface area contributed by atoms with Crippen molar-refractivity contribution in [3.05, 3.63) is 0 Å². The number of carbonyl (C=O) groups is 6. The van der Waals surface area contributed by atoms with Crippen molar-refractivity contribution in [1.82, 2.24) is 0 Å². The van der Waals surface area contributed by atoms with Crippen LogP contribution in [0.5, 0.6) is 0 Å². The Hall–Kier alpha value is -2.78. The fraction of sp³-hybridized carbons (Fsp3) is 0.887. The molecule has 2 saturated heterocycles. The van der Waals surface area contributed by atoms with Gasteiger partial charge in [-0.2, -0.15) is 0 Å². The fourth-order valence-electron chi connectivity index (χ4n) is 16.3. The standard InChI is InChI=1S/C45H60O10.8CH4/c1-5-43(4,44-14-23-6-24(15-44)8-25(7-23)16-44)54-39(48)27(11-30-21(2)31-13-32(30)34-20-52-41(50)36(31)34)12-33(35-22(3)38(47)53-42(35)51)40(49)55-45-17-26-9-28(18-45)37(46)29(10-26)19-45;;;;;;;;/h21-36H,5-20H2,1-4H3;8*1H4. The van der Waals surface area contributed by atoms with Crippen molar-refractivity contribution in [2.24, 2.45) is 100 Å². The number of carbonyl (C=O) groups excluding carboxylic acids is 6. The number of rotatable bonds is 11. The summed E-state index contributed by atoms with van der Waals surface area (Å²) in [5.41, 5.74) is -1.52. The predicted molar refractivity (Wildman–Crippen MR) is 249 cm³/mol. The predicted octanol–water partition coefficient (Wildman–Crippen LogP) is 11.7. The van der Waals surface area contributed by atoms with Crippen molar-refractivity contribution < 1.29 is 47.7 Å². The Bertz CT molecular complexity index is 1650. The molecule has 10 saturated carbocycles. The Morgan fingerprint density at radius 3 is 1.78 bits per heavy atom. The second-order valence-corrected chi connectivity index (χ2v) is 21.3. The summed E-state index contributed by atoms with van der Waals surface area (Å²) in [5.74, 6) is -2.95. The fourth-order valence-corrected chi connectivity index (χ4v) is 16.3. The van der Waals surface area contributed by atoms with Crippen molar-refractivity contribution in [1.29, 1.82) is 0 Å². The molecule has 12 fully saturated rings. The summed E-state index contributed by atoms with van der Waals surface area (Å²) in [7, 11) is 0. The quantitative estimate of drug-likeness (QED) is 0.112. The topological polar surface area (TPSA) is 139 Å². The molecule has 0 radical (unpaired) electrons. The monoisotopic (exact) mass is 889 g/mol. The molecule has 13 unspecified atom stereocenters. The molecule has 0 spiro atoms. The molecule has 0 aromatic rings. The summed E-state index contributed by atoms with van der Waals surface area (Å²) in [6.07, 6.45) is 12.6. The minimum atomic E-state index is -1.08. The zero-order chi connectivity index (χ0) is 38.3. The summed E-state index contributed by atoms with van der Waals surface area (Å²) in [5, 5.41) is 0. The molecule has 0 aromatic carbocycles. The van der Waals surface area contributed by atoms with Crippen LogP contribution in [-0.4, -0.2) is 53.4 Å². The number of Topliss-reactive ketones (excluding diaryl/α,β-unsaturated/α-hetero) is 1. The van der Waals surface area contributed by atoms with Crippen molar-refractivity contribution in [2.75, 3.05) is 6.61 Å². The summed E-state index contributed by atoms with van der Waals surface area (Å²) < 4.78 is 24.2. The third-order valence-electron chi connectivity index (χ3n) is 18.6. The van der Waals surface area contributed by atoms with Gasteiger partial charge in [0, 0.05) is 23.2 Å². The first-order valence-electron chi connectivity index (χ1n) is 22.1. The van der Waals surface area contributed by atoms with E-state index in [4.69, 9.17) is 18.9 Å².